The van der Waals surface area contributed by atoms with E-state index >= 15 is 0 Å². The van der Waals surface area contributed by atoms with Gasteiger partial charge in [-0.05, 0) is 51.4 Å². The smallest absolute Gasteiger partial charge is 0.00761 e. The molecule has 1 saturated heterocycles. The largest absolute Gasteiger partial charge is 0.311 e. The molecule has 2 nitrogen and oxygen atoms in total. The first kappa shape index (κ1) is 13.4. The van der Waals surface area contributed by atoms with Gasteiger partial charge in [0.05, 0.1) is 0 Å². The van der Waals surface area contributed by atoms with Gasteiger partial charge in [0, 0.05) is 31.2 Å². The Labute approximate surface area is 107 Å². The van der Waals surface area contributed by atoms with Gasteiger partial charge in [0.2, 0.25) is 0 Å². The Bertz CT molecular complexity index is 235. The van der Waals surface area contributed by atoms with Crippen molar-refractivity contribution in [1.82, 2.24) is 10.2 Å². The van der Waals surface area contributed by atoms with Crippen molar-refractivity contribution in [3.63, 3.8) is 0 Å². The molecule has 0 aromatic rings. The molecule has 1 heterocycles. The molecule has 0 aromatic heterocycles. The Morgan fingerprint density at radius 2 is 1.47 bits per heavy atom. The first-order valence-electron chi connectivity index (χ1n) is 7.47. The van der Waals surface area contributed by atoms with E-state index in [2.05, 4.69) is 44.8 Å². The van der Waals surface area contributed by atoms with E-state index in [1.54, 1.807) is 0 Å². The highest BCUT2D eigenvalue weighted by Gasteiger charge is 2.41. The molecule has 0 amide bonds. The number of likely N-dealkylation sites (tertiary alicyclic amines) is 1. The molecule has 3 atom stereocenters. The van der Waals surface area contributed by atoms with Gasteiger partial charge in [-0.15, -0.1) is 0 Å². The van der Waals surface area contributed by atoms with E-state index in [0.717, 1.165) is 29.8 Å². The van der Waals surface area contributed by atoms with Crippen molar-refractivity contribution in [2.24, 2.45) is 17.8 Å². The average molecular weight is 238 g/mol. The first-order valence-corrected chi connectivity index (χ1v) is 7.47. The molecule has 2 aliphatic rings. The van der Waals surface area contributed by atoms with Gasteiger partial charge in [-0.1, -0.05) is 13.8 Å². The maximum atomic E-state index is 3.83. The number of nitrogens with zero attached hydrogens (tertiary/aromatic N) is 1. The van der Waals surface area contributed by atoms with Gasteiger partial charge >= 0.3 is 0 Å². The topological polar surface area (TPSA) is 15.3 Å². The third kappa shape index (κ3) is 3.03. The van der Waals surface area contributed by atoms with Crippen molar-refractivity contribution in [2.75, 3.05) is 13.1 Å². The zero-order valence-corrected chi connectivity index (χ0v) is 12.2. The molecule has 0 spiro atoms. The molecule has 2 rings (SSSR count). The predicted molar refractivity (Wildman–Crippen MR) is 74.1 cm³/mol. The number of nitrogens with one attached hydrogen (secondary N) is 1. The Balaban J connectivity index is 1.80. The van der Waals surface area contributed by atoms with Crippen molar-refractivity contribution < 1.29 is 0 Å². The van der Waals surface area contributed by atoms with Gasteiger partial charge in [-0.3, -0.25) is 0 Å². The molecule has 1 aliphatic carbocycles. The lowest BCUT2D eigenvalue weighted by atomic mass is 10.0. The molecule has 3 unspecified atom stereocenters. The van der Waals surface area contributed by atoms with E-state index in [1.807, 2.05) is 0 Å². The molecule has 100 valence electrons. The highest BCUT2D eigenvalue weighted by Crippen LogP contribution is 2.39. The summed E-state index contributed by atoms with van der Waals surface area (Å²) >= 11 is 0. The van der Waals surface area contributed by atoms with Crippen LogP contribution in [-0.4, -0.2) is 36.1 Å². The van der Waals surface area contributed by atoms with Crippen LogP contribution in [0, 0.1) is 17.8 Å². The Morgan fingerprint density at radius 3 is 1.88 bits per heavy atom. The zero-order valence-electron chi connectivity index (χ0n) is 12.2. The summed E-state index contributed by atoms with van der Waals surface area (Å²) in [5, 5.41) is 3.83. The molecule has 0 radical (unpaired) electrons. The Kier molecular flexibility index (Phi) is 4.14. The van der Waals surface area contributed by atoms with E-state index in [0.29, 0.717) is 6.04 Å². The van der Waals surface area contributed by atoms with Gasteiger partial charge in [0.15, 0.2) is 0 Å². The second-order valence-corrected chi connectivity index (χ2v) is 6.94. The van der Waals surface area contributed by atoms with Crippen LogP contribution >= 0.6 is 0 Å². The van der Waals surface area contributed by atoms with Crippen molar-refractivity contribution in [2.45, 2.75) is 65.6 Å². The van der Waals surface area contributed by atoms with Crippen molar-refractivity contribution in [1.29, 1.82) is 0 Å². The second-order valence-electron chi connectivity index (χ2n) is 6.94. The van der Waals surface area contributed by atoms with E-state index in [-0.39, 0.29) is 0 Å². The van der Waals surface area contributed by atoms with Crippen molar-refractivity contribution >= 4 is 0 Å². The normalized spacial score (nSPS) is 35.8. The molecule has 2 fully saturated rings. The number of rotatable bonds is 4. The molecule has 2 heteroatoms. The monoisotopic (exact) mass is 238 g/mol. The summed E-state index contributed by atoms with van der Waals surface area (Å²) in [5.41, 5.74) is 0. The summed E-state index contributed by atoms with van der Waals surface area (Å²) in [6, 6.07) is 2.19. The molecular weight excluding hydrogens is 208 g/mol. The lowest BCUT2D eigenvalue weighted by molar-refractivity contribution is 0.244. The fourth-order valence-electron chi connectivity index (χ4n) is 3.46. The average Bonchev–Trinajstić information content (AvgIpc) is 2.74. The summed E-state index contributed by atoms with van der Waals surface area (Å²) in [7, 11) is 0. The van der Waals surface area contributed by atoms with Crippen LogP contribution in [-0.2, 0) is 0 Å². The molecule has 1 aliphatic heterocycles. The Morgan fingerprint density at radius 1 is 0.941 bits per heavy atom. The summed E-state index contributed by atoms with van der Waals surface area (Å²) in [5.74, 6) is 2.69. The SMILES string of the molecule is CC(C)C(C)NC1CC2CN(C(C)C)CC2C1. The molecule has 1 N–H and O–H groups in total. The van der Waals surface area contributed by atoms with E-state index in [9.17, 15) is 0 Å². The quantitative estimate of drug-likeness (QED) is 0.810. The van der Waals surface area contributed by atoms with Crippen molar-refractivity contribution in [3.8, 4) is 0 Å². The van der Waals surface area contributed by atoms with Gasteiger partial charge < -0.3 is 10.2 Å². The summed E-state index contributed by atoms with van der Waals surface area (Å²) in [6.07, 6.45) is 2.82. The van der Waals surface area contributed by atoms with Gasteiger partial charge in [-0.25, -0.2) is 0 Å². The Hall–Kier alpha value is -0.0800. The van der Waals surface area contributed by atoms with E-state index in [4.69, 9.17) is 0 Å². The molecule has 17 heavy (non-hydrogen) atoms. The van der Waals surface area contributed by atoms with Crippen LogP contribution in [0.5, 0.6) is 0 Å². The van der Waals surface area contributed by atoms with Crippen LogP contribution in [0.25, 0.3) is 0 Å². The van der Waals surface area contributed by atoms with Gasteiger partial charge in [0.1, 0.15) is 0 Å². The minimum absolute atomic E-state index is 0.667. The van der Waals surface area contributed by atoms with Gasteiger partial charge in [-0.2, -0.15) is 0 Å². The van der Waals surface area contributed by atoms with Crippen LogP contribution in [0.15, 0.2) is 0 Å². The van der Waals surface area contributed by atoms with E-state index < -0.39 is 0 Å². The standard InChI is InChI=1S/C15H30N2/c1-10(2)12(5)16-15-6-13-8-17(11(3)4)9-14(13)7-15/h10-16H,6-9H2,1-5H3. The fourth-order valence-corrected chi connectivity index (χ4v) is 3.46. The third-order valence-corrected chi connectivity index (χ3v) is 5.01. The van der Waals surface area contributed by atoms with E-state index in [1.165, 1.54) is 25.9 Å². The van der Waals surface area contributed by atoms with Crippen LogP contribution in [0.2, 0.25) is 0 Å². The molecule has 1 saturated carbocycles. The summed E-state index contributed by atoms with van der Waals surface area (Å²) < 4.78 is 0. The number of fused-ring (bicyclic) bond motifs is 1. The van der Waals surface area contributed by atoms with Crippen LogP contribution in [0.3, 0.4) is 0 Å². The lowest BCUT2D eigenvalue weighted by Gasteiger charge is -2.25. The fraction of sp³-hybridized carbons (Fsp3) is 1.00. The first-order chi connectivity index (χ1) is 7.97. The molecule has 0 aromatic carbocycles. The predicted octanol–water partition coefficient (Wildman–Crippen LogP) is 2.74. The number of hydrogen-bond acceptors (Lipinski definition) is 2. The second kappa shape index (κ2) is 5.27. The van der Waals surface area contributed by atoms with Crippen LogP contribution in [0.4, 0.5) is 0 Å². The van der Waals surface area contributed by atoms with Crippen LogP contribution < -0.4 is 5.32 Å². The summed E-state index contributed by atoms with van der Waals surface area (Å²) in [4.78, 5) is 2.66. The summed E-state index contributed by atoms with van der Waals surface area (Å²) in [6.45, 7) is 14.3. The molecule has 0 bridgehead atoms. The minimum Gasteiger partial charge on any atom is -0.311 e. The highest BCUT2D eigenvalue weighted by atomic mass is 15.2. The van der Waals surface area contributed by atoms with Crippen LogP contribution in [0.1, 0.15) is 47.5 Å². The third-order valence-electron chi connectivity index (χ3n) is 5.01. The maximum Gasteiger partial charge on any atom is 0.00761 e. The minimum atomic E-state index is 0.667. The van der Waals surface area contributed by atoms with Crippen molar-refractivity contribution in [3.05, 3.63) is 0 Å². The van der Waals surface area contributed by atoms with Gasteiger partial charge in [0.25, 0.3) is 0 Å². The lowest BCUT2D eigenvalue weighted by Crippen LogP contribution is -2.39. The zero-order chi connectivity index (χ0) is 12.6. The molecular formula is C15H30N2. The maximum absolute atomic E-state index is 3.83. The highest BCUT2D eigenvalue weighted by molar-refractivity contribution is 4.96. The number of hydrogen-bond donors (Lipinski definition) is 1.